The van der Waals surface area contributed by atoms with Crippen molar-refractivity contribution in [2.45, 2.75) is 20.2 Å². The molecule has 2 rings (SSSR count). The number of ether oxygens (including phenoxy) is 1. The van der Waals surface area contributed by atoms with Crippen molar-refractivity contribution in [1.29, 1.82) is 0 Å². The molecule has 0 aliphatic rings. The van der Waals surface area contributed by atoms with Gasteiger partial charge in [0.1, 0.15) is 10.9 Å². The van der Waals surface area contributed by atoms with Gasteiger partial charge in [-0.15, -0.1) is 13.2 Å². The molecule has 0 fully saturated rings. The predicted molar refractivity (Wildman–Crippen MR) is 68.6 cm³/mol. The van der Waals surface area contributed by atoms with Crippen LogP contribution in [0.25, 0.3) is 11.4 Å². The Morgan fingerprint density at radius 1 is 1.15 bits per heavy atom. The second-order valence-corrected chi connectivity index (χ2v) is 4.48. The van der Waals surface area contributed by atoms with Gasteiger partial charge in [0, 0.05) is 16.8 Å². The Balaban J connectivity index is 2.41. The first kappa shape index (κ1) is 14.6. The lowest BCUT2D eigenvalue weighted by Gasteiger charge is -2.10. The molecule has 0 spiro atoms. The second kappa shape index (κ2) is 5.28. The zero-order chi connectivity index (χ0) is 14.9. The van der Waals surface area contributed by atoms with Gasteiger partial charge in [0.2, 0.25) is 0 Å². The van der Waals surface area contributed by atoms with Crippen molar-refractivity contribution in [3.63, 3.8) is 0 Å². The molecule has 0 aliphatic carbocycles. The Morgan fingerprint density at radius 2 is 1.85 bits per heavy atom. The third-order valence-electron chi connectivity index (χ3n) is 2.66. The summed E-state index contributed by atoms with van der Waals surface area (Å²) in [6.45, 7) is 3.52. The van der Waals surface area contributed by atoms with Crippen molar-refractivity contribution in [3.8, 4) is 17.1 Å². The van der Waals surface area contributed by atoms with Crippen LogP contribution in [0.15, 0.2) is 24.3 Å². The average Bonchev–Trinajstić information content (AvgIpc) is 2.33. The third-order valence-corrected chi connectivity index (χ3v) is 3.02. The number of nitrogens with zero attached hydrogens (tertiary/aromatic N) is 2. The molecule has 0 unspecified atom stereocenters. The summed E-state index contributed by atoms with van der Waals surface area (Å²) in [5.74, 6) is -0.0707. The zero-order valence-corrected chi connectivity index (χ0v) is 11.4. The van der Waals surface area contributed by atoms with Gasteiger partial charge in [0.05, 0.1) is 0 Å². The minimum Gasteiger partial charge on any atom is -0.406 e. The predicted octanol–water partition coefficient (Wildman–Crippen LogP) is 4.31. The van der Waals surface area contributed by atoms with Crippen molar-refractivity contribution in [2.75, 3.05) is 0 Å². The lowest BCUT2D eigenvalue weighted by Crippen LogP contribution is -2.17. The fraction of sp³-hybridized carbons (Fsp3) is 0.231. The number of hydrogen-bond acceptors (Lipinski definition) is 3. The molecule has 2 aromatic rings. The van der Waals surface area contributed by atoms with E-state index in [0.29, 0.717) is 11.3 Å². The van der Waals surface area contributed by atoms with Gasteiger partial charge in [0.25, 0.3) is 0 Å². The summed E-state index contributed by atoms with van der Waals surface area (Å²) in [5.41, 5.74) is 1.80. The van der Waals surface area contributed by atoms with Crippen LogP contribution in [0, 0.1) is 13.8 Å². The number of aromatic nitrogens is 2. The van der Waals surface area contributed by atoms with Crippen LogP contribution in [0.2, 0.25) is 5.15 Å². The van der Waals surface area contributed by atoms with Crippen molar-refractivity contribution in [1.82, 2.24) is 9.97 Å². The van der Waals surface area contributed by atoms with Crippen LogP contribution >= 0.6 is 11.6 Å². The molecular weight excluding hydrogens is 293 g/mol. The van der Waals surface area contributed by atoms with Crippen LogP contribution in [0.3, 0.4) is 0 Å². The largest absolute Gasteiger partial charge is 0.573 e. The highest BCUT2D eigenvalue weighted by atomic mass is 35.5. The molecule has 1 aromatic carbocycles. The van der Waals surface area contributed by atoms with Crippen LogP contribution in [0.4, 0.5) is 13.2 Å². The normalized spacial score (nSPS) is 11.5. The second-order valence-electron chi connectivity index (χ2n) is 4.12. The van der Waals surface area contributed by atoms with Crippen molar-refractivity contribution in [3.05, 3.63) is 40.7 Å². The van der Waals surface area contributed by atoms with E-state index in [9.17, 15) is 13.2 Å². The quantitative estimate of drug-likeness (QED) is 0.775. The molecule has 0 aliphatic heterocycles. The first-order valence-electron chi connectivity index (χ1n) is 5.63. The van der Waals surface area contributed by atoms with Crippen molar-refractivity contribution >= 4 is 11.6 Å². The smallest absolute Gasteiger partial charge is 0.406 e. The van der Waals surface area contributed by atoms with Gasteiger partial charge >= 0.3 is 6.36 Å². The average molecular weight is 303 g/mol. The van der Waals surface area contributed by atoms with Gasteiger partial charge in [-0.05, 0) is 26.0 Å². The van der Waals surface area contributed by atoms with Crippen molar-refractivity contribution < 1.29 is 17.9 Å². The summed E-state index contributed by atoms with van der Waals surface area (Å²) in [7, 11) is 0. The Bertz CT molecular complexity index is 621. The van der Waals surface area contributed by atoms with Crippen LogP contribution in [-0.4, -0.2) is 16.3 Å². The van der Waals surface area contributed by atoms with E-state index in [4.69, 9.17) is 11.6 Å². The first-order valence-corrected chi connectivity index (χ1v) is 6.01. The summed E-state index contributed by atoms with van der Waals surface area (Å²) < 4.78 is 40.4. The fourth-order valence-electron chi connectivity index (χ4n) is 1.56. The van der Waals surface area contributed by atoms with E-state index >= 15 is 0 Å². The highest BCUT2D eigenvalue weighted by molar-refractivity contribution is 6.30. The molecule has 0 N–H and O–H groups in total. The highest BCUT2D eigenvalue weighted by Crippen LogP contribution is 2.27. The van der Waals surface area contributed by atoms with E-state index in [1.807, 2.05) is 0 Å². The van der Waals surface area contributed by atoms with Gasteiger partial charge in [0.15, 0.2) is 5.82 Å². The topological polar surface area (TPSA) is 35.0 Å². The summed E-state index contributed by atoms with van der Waals surface area (Å²) in [4.78, 5) is 8.27. The Morgan fingerprint density at radius 3 is 2.45 bits per heavy atom. The summed E-state index contributed by atoms with van der Waals surface area (Å²) in [6, 6.07) is 5.44. The number of alkyl halides is 3. The van der Waals surface area contributed by atoms with E-state index in [2.05, 4.69) is 14.7 Å². The number of hydrogen-bond donors (Lipinski definition) is 0. The van der Waals surface area contributed by atoms with E-state index < -0.39 is 6.36 Å². The van der Waals surface area contributed by atoms with Crippen molar-refractivity contribution in [2.24, 2.45) is 0 Å². The molecule has 106 valence electrons. The molecule has 0 bridgehead atoms. The SMILES string of the molecule is Cc1nc(-c2cccc(OC(F)(F)F)c2)nc(Cl)c1C. The number of benzene rings is 1. The third kappa shape index (κ3) is 3.39. The number of aryl methyl sites for hydroxylation is 1. The number of rotatable bonds is 2. The maximum Gasteiger partial charge on any atom is 0.573 e. The van der Waals surface area contributed by atoms with Crippen LogP contribution in [0.1, 0.15) is 11.3 Å². The van der Waals surface area contributed by atoms with Gasteiger partial charge in [-0.3, -0.25) is 0 Å². The highest BCUT2D eigenvalue weighted by Gasteiger charge is 2.31. The van der Waals surface area contributed by atoms with Gasteiger partial charge in [-0.2, -0.15) is 0 Å². The van der Waals surface area contributed by atoms with E-state index in [1.165, 1.54) is 18.2 Å². The maximum absolute atomic E-state index is 12.2. The van der Waals surface area contributed by atoms with Gasteiger partial charge in [-0.1, -0.05) is 23.7 Å². The molecule has 1 aromatic heterocycles. The minimum atomic E-state index is -4.74. The summed E-state index contributed by atoms with van der Waals surface area (Å²) in [6.07, 6.45) is -4.74. The Labute approximate surface area is 118 Å². The Hall–Kier alpha value is -1.82. The van der Waals surface area contributed by atoms with Crippen LogP contribution < -0.4 is 4.74 Å². The fourth-order valence-corrected chi connectivity index (χ4v) is 1.77. The lowest BCUT2D eigenvalue weighted by atomic mass is 10.2. The van der Waals surface area contributed by atoms with Crippen LogP contribution in [0.5, 0.6) is 5.75 Å². The standard InChI is InChI=1S/C13H10ClF3N2O/c1-7-8(2)18-12(19-11(7)14)9-4-3-5-10(6-9)20-13(15,16)17/h3-6H,1-2H3. The monoisotopic (exact) mass is 302 g/mol. The first-order chi connectivity index (χ1) is 9.26. The molecule has 7 heteroatoms. The molecule has 0 saturated carbocycles. The van der Waals surface area contributed by atoms with E-state index in [1.54, 1.807) is 19.9 Å². The molecule has 20 heavy (non-hydrogen) atoms. The van der Waals surface area contributed by atoms with Crippen LogP contribution in [-0.2, 0) is 0 Å². The van der Waals surface area contributed by atoms with Gasteiger partial charge in [-0.25, -0.2) is 9.97 Å². The minimum absolute atomic E-state index is 0.255. The molecular formula is C13H10ClF3N2O. The molecule has 0 amide bonds. The van der Waals surface area contributed by atoms with Gasteiger partial charge < -0.3 is 4.74 Å². The number of halogens is 4. The van der Waals surface area contributed by atoms with E-state index in [0.717, 1.165) is 5.56 Å². The molecule has 1 heterocycles. The van der Waals surface area contributed by atoms with E-state index in [-0.39, 0.29) is 16.7 Å². The summed E-state index contributed by atoms with van der Waals surface area (Å²) in [5, 5.41) is 0.273. The summed E-state index contributed by atoms with van der Waals surface area (Å²) >= 11 is 5.95. The molecule has 3 nitrogen and oxygen atoms in total. The molecule has 0 radical (unpaired) electrons. The maximum atomic E-state index is 12.2. The molecule has 0 atom stereocenters. The Kier molecular flexibility index (Phi) is 3.85. The lowest BCUT2D eigenvalue weighted by molar-refractivity contribution is -0.274. The molecule has 0 saturated heterocycles. The zero-order valence-electron chi connectivity index (χ0n) is 10.6.